The highest BCUT2D eigenvalue weighted by molar-refractivity contribution is 7.16. The van der Waals surface area contributed by atoms with Crippen LogP contribution >= 0.6 is 11.3 Å². The van der Waals surface area contributed by atoms with Crippen LogP contribution in [0.2, 0.25) is 0 Å². The number of nitriles is 1. The summed E-state index contributed by atoms with van der Waals surface area (Å²) >= 11 is 1.54. The summed E-state index contributed by atoms with van der Waals surface area (Å²) in [4.78, 5) is 14.4. The number of rotatable bonds is 2. The summed E-state index contributed by atoms with van der Waals surface area (Å²) in [5.41, 5.74) is 1.80. The van der Waals surface area contributed by atoms with Gasteiger partial charge in [-0.2, -0.15) is 5.26 Å². The van der Waals surface area contributed by atoms with Crippen molar-refractivity contribution in [2.75, 3.05) is 25.5 Å². The van der Waals surface area contributed by atoms with Crippen molar-refractivity contribution in [1.82, 2.24) is 4.90 Å². The molecule has 0 fully saturated rings. The summed E-state index contributed by atoms with van der Waals surface area (Å²) in [6, 6.07) is 2.24. The number of anilines is 1. The number of nitrogens with zero attached hydrogens (tertiary/aromatic N) is 2. The predicted octanol–water partition coefficient (Wildman–Crippen LogP) is 2.18. The Morgan fingerprint density at radius 2 is 2.44 bits per heavy atom. The molecule has 18 heavy (non-hydrogen) atoms. The predicted molar refractivity (Wildman–Crippen MR) is 69.7 cm³/mol. The molecule has 0 saturated carbocycles. The van der Waals surface area contributed by atoms with Crippen molar-refractivity contribution < 1.29 is 9.53 Å². The molecule has 2 heterocycles. The van der Waals surface area contributed by atoms with E-state index in [4.69, 9.17) is 10.00 Å². The van der Waals surface area contributed by atoms with Gasteiger partial charge in [0.1, 0.15) is 11.1 Å². The van der Waals surface area contributed by atoms with E-state index in [0.29, 0.717) is 19.7 Å². The Morgan fingerprint density at radius 1 is 1.67 bits per heavy atom. The van der Waals surface area contributed by atoms with Crippen molar-refractivity contribution in [2.45, 2.75) is 19.9 Å². The summed E-state index contributed by atoms with van der Waals surface area (Å²) in [5.74, 6) is 0. The SMILES string of the molecule is CCOC(=O)N1CCc2c(sc(NC)c2C#N)C1. The molecule has 6 heteroatoms. The van der Waals surface area contributed by atoms with Gasteiger partial charge >= 0.3 is 6.09 Å². The Labute approximate surface area is 110 Å². The lowest BCUT2D eigenvalue weighted by atomic mass is 10.0. The van der Waals surface area contributed by atoms with Gasteiger partial charge in [0.15, 0.2) is 0 Å². The van der Waals surface area contributed by atoms with E-state index in [-0.39, 0.29) is 6.09 Å². The second-order valence-corrected chi connectivity index (χ2v) is 5.05. The van der Waals surface area contributed by atoms with E-state index < -0.39 is 0 Å². The van der Waals surface area contributed by atoms with Crippen LogP contribution in [0, 0.1) is 11.3 Å². The number of hydrogen-bond acceptors (Lipinski definition) is 5. The lowest BCUT2D eigenvalue weighted by molar-refractivity contribution is 0.103. The van der Waals surface area contributed by atoms with Gasteiger partial charge in [0.2, 0.25) is 0 Å². The zero-order valence-corrected chi connectivity index (χ0v) is 11.3. The fraction of sp³-hybridized carbons (Fsp3) is 0.500. The quantitative estimate of drug-likeness (QED) is 0.890. The first-order valence-corrected chi connectivity index (χ1v) is 6.67. The maximum atomic E-state index is 11.7. The molecule has 1 aromatic heterocycles. The topological polar surface area (TPSA) is 65.4 Å². The van der Waals surface area contributed by atoms with Crippen LogP contribution in [-0.4, -0.2) is 31.2 Å². The van der Waals surface area contributed by atoms with Gasteiger partial charge in [0.05, 0.1) is 18.7 Å². The molecule has 0 aliphatic carbocycles. The van der Waals surface area contributed by atoms with E-state index >= 15 is 0 Å². The number of hydrogen-bond donors (Lipinski definition) is 1. The third-order valence-electron chi connectivity index (χ3n) is 2.92. The highest BCUT2D eigenvalue weighted by Crippen LogP contribution is 2.36. The first-order valence-electron chi connectivity index (χ1n) is 5.85. The second kappa shape index (κ2) is 5.27. The van der Waals surface area contributed by atoms with Gasteiger partial charge in [-0.05, 0) is 18.9 Å². The van der Waals surface area contributed by atoms with Crippen LogP contribution in [-0.2, 0) is 17.7 Å². The van der Waals surface area contributed by atoms with Crippen LogP contribution in [0.1, 0.15) is 22.9 Å². The van der Waals surface area contributed by atoms with Crippen molar-refractivity contribution in [1.29, 1.82) is 5.26 Å². The summed E-state index contributed by atoms with van der Waals surface area (Å²) in [6.45, 7) is 3.33. The summed E-state index contributed by atoms with van der Waals surface area (Å²) < 4.78 is 5.00. The van der Waals surface area contributed by atoms with Crippen molar-refractivity contribution in [2.24, 2.45) is 0 Å². The van der Waals surface area contributed by atoms with Crippen LogP contribution < -0.4 is 5.32 Å². The smallest absolute Gasteiger partial charge is 0.410 e. The summed E-state index contributed by atoms with van der Waals surface area (Å²) in [5, 5.41) is 13.1. The van der Waals surface area contributed by atoms with Crippen LogP contribution in [0.15, 0.2) is 0 Å². The van der Waals surface area contributed by atoms with Gasteiger partial charge in [0.25, 0.3) is 0 Å². The zero-order chi connectivity index (χ0) is 13.1. The fourth-order valence-electron chi connectivity index (χ4n) is 2.07. The lowest BCUT2D eigenvalue weighted by Crippen LogP contribution is -2.35. The minimum atomic E-state index is -0.277. The molecule has 5 nitrogen and oxygen atoms in total. The number of nitrogens with one attached hydrogen (secondary N) is 1. The lowest BCUT2D eigenvalue weighted by Gasteiger charge is -2.25. The second-order valence-electron chi connectivity index (χ2n) is 3.94. The van der Waals surface area contributed by atoms with Gasteiger partial charge in [-0.25, -0.2) is 4.79 Å². The van der Waals surface area contributed by atoms with Crippen LogP contribution in [0.3, 0.4) is 0 Å². The molecule has 1 amide bonds. The zero-order valence-electron chi connectivity index (χ0n) is 10.4. The van der Waals surface area contributed by atoms with E-state index in [9.17, 15) is 4.79 Å². The first-order chi connectivity index (χ1) is 8.71. The summed E-state index contributed by atoms with van der Waals surface area (Å²) in [7, 11) is 1.81. The molecule has 0 saturated heterocycles. The number of thiophene rings is 1. The number of ether oxygens (including phenoxy) is 1. The van der Waals surface area contributed by atoms with Crippen molar-refractivity contribution in [3.63, 3.8) is 0 Å². The molecule has 2 rings (SSSR count). The van der Waals surface area contributed by atoms with Crippen molar-refractivity contribution in [3.8, 4) is 6.07 Å². The number of carbonyl (C=O) groups is 1. The molecule has 0 bridgehead atoms. The van der Waals surface area contributed by atoms with Crippen molar-refractivity contribution in [3.05, 3.63) is 16.0 Å². The van der Waals surface area contributed by atoms with Gasteiger partial charge < -0.3 is 15.0 Å². The number of fused-ring (bicyclic) bond motifs is 1. The van der Waals surface area contributed by atoms with E-state index in [0.717, 1.165) is 27.4 Å². The molecule has 96 valence electrons. The first kappa shape index (κ1) is 12.7. The van der Waals surface area contributed by atoms with Crippen LogP contribution in [0.25, 0.3) is 0 Å². The molecule has 0 aromatic carbocycles. The third kappa shape index (κ3) is 2.14. The van der Waals surface area contributed by atoms with Gasteiger partial charge in [-0.3, -0.25) is 0 Å². The fourth-order valence-corrected chi connectivity index (χ4v) is 3.24. The van der Waals surface area contributed by atoms with Crippen molar-refractivity contribution >= 4 is 22.4 Å². The Hall–Kier alpha value is -1.74. The molecule has 0 atom stereocenters. The summed E-state index contributed by atoms with van der Waals surface area (Å²) in [6.07, 6.45) is 0.441. The maximum absolute atomic E-state index is 11.7. The van der Waals surface area contributed by atoms with Gasteiger partial charge in [-0.1, -0.05) is 0 Å². The minimum Gasteiger partial charge on any atom is -0.450 e. The molecule has 0 spiro atoms. The Kier molecular flexibility index (Phi) is 3.72. The Morgan fingerprint density at radius 3 is 3.06 bits per heavy atom. The third-order valence-corrected chi connectivity index (χ3v) is 4.16. The average molecular weight is 265 g/mol. The monoisotopic (exact) mass is 265 g/mol. The average Bonchev–Trinajstić information content (AvgIpc) is 2.75. The van der Waals surface area contributed by atoms with Gasteiger partial charge in [-0.15, -0.1) is 11.3 Å². The van der Waals surface area contributed by atoms with E-state index in [1.54, 1.807) is 30.2 Å². The molecule has 1 aliphatic heterocycles. The van der Waals surface area contributed by atoms with E-state index in [2.05, 4.69) is 11.4 Å². The molecule has 1 aliphatic rings. The Bertz CT molecular complexity index is 504. The van der Waals surface area contributed by atoms with E-state index in [1.807, 2.05) is 0 Å². The maximum Gasteiger partial charge on any atom is 0.410 e. The normalized spacial score (nSPS) is 13.7. The molecular formula is C12H15N3O2S. The number of amides is 1. The molecule has 0 unspecified atom stereocenters. The molecular weight excluding hydrogens is 250 g/mol. The minimum absolute atomic E-state index is 0.277. The van der Waals surface area contributed by atoms with Gasteiger partial charge in [0, 0.05) is 18.5 Å². The molecule has 1 N–H and O–H groups in total. The molecule has 0 radical (unpaired) electrons. The Balaban J connectivity index is 2.23. The van der Waals surface area contributed by atoms with E-state index in [1.165, 1.54) is 0 Å². The highest BCUT2D eigenvalue weighted by atomic mass is 32.1. The van der Waals surface area contributed by atoms with Crippen LogP contribution in [0.4, 0.5) is 9.80 Å². The van der Waals surface area contributed by atoms with Crippen LogP contribution in [0.5, 0.6) is 0 Å². The largest absolute Gasteiger partial charge is 0.450 e. The standard InChI is InChI=1S/C12H15N3O2S/c1-3-17-12(16)15-5-4-8-9(6-13)11(14-2)18-10(8)7-15/h14H,3-5,7H2,1-2H3. The molecule has 1 aromatic rings. The highest BCUT2D eigenvalue weighted by Gasteiger charge is 2.27. The number of carbonyl (C=O) groups excluding carboxylic acids is 1.